The van der Waals surface area contributed by atoms with Crippen molar-refractivity contribution in [1.82, 2.24) is 25.1 Å². The Morgan fingerprint density at radius 3 is 2.86 bits per heavy atom. The van der Waals surface area contributed by atoms with Crippen LogP contribution in [0.3, 0.4) is 0 Å². The van der Waals surface area contributed by atoms with E-state index in [0.717, 1.165) is 29.8 Å². The van der Waals surface area contributed by atoms with Crippen molar-refractivity contribution in [2.45, 2.75) is 25.7 Å². The molecule has 7 nitrogen and oxygen atoms in total. The molecule has 0 saturated carbocycles. The van der Waals surface area contributed by atoms with Crippen LogP contribution in [0.1, 0.15) is 33.9 Å². The lowest BCUT2D eigenvalue weighted by molar-refractivity contribution is 0.0947. The second-order valence-corrected chi connectivity index (χ2v) is 6.55. The van der Waals surface area contributed by atoms with Crippen molar-refractivity contribution in [3.63, 3.8) is 0 Å². The number of halogens is 2. The van der Waals surface area contributed by atoms with Gasteiger partial charge in [-0.05, 0) is 31.4 Å². The average Bonchev–Trinajstić information content (AvgIpc) is 3.27. The van der Waals surface area contributed by atoms with E-state index in [9.17, 15) is 18.4 Å². The fraction of sp³-hybridized carbons (Fsp3) is 0.263. The van der Waals surface area contributed by atoms with Crippen molar-refractivity contribution < 1.29 is 13.6 Å². The fourth-order valence-electron chi connectivity index (χ4n) is 3.38. The number of hydrogen-bond donors (Lipinski definition) is 2. The Bertz CT molecular complexity index is 1110. The van der Waals surface area contributed by atoms with E-state index in [1.165, 1.54) is 23.1 Å². The molecular formula is C19H17F2N5O2. The average molecular weight is 385 g/mol. The molecular weight excluding hydrogens is 368 g/mol. The molecule has 4 rings (SSSR count). The van der Waals surface area contributed by atoms with Crippen LogP contribution in [0, 0.1) is 11.6 Å². The topological polar surface area (TPSA) is 92.7 Å². The minimum absolute atomic E-state index is 0.251. The highest BCUT2D eigenvalue weighted by Gasteiger charge is 2.27. The number of aromatic nitrogens is 4. The lowest BCUT2D eigenvalue weighted by atomic mass is 10.2. The van der Waals surface area contributed by atoms with Gasteiger partial charge in [-0.2, -0.15) is 5.10 Å². The van der Waals surface area contributed by atoms with Crippen LogP contribution in [0.2, 0.25) is 0 Å². The summed E-state index contributed by atoms with van der Waals surface area (Å²) in [4.78, 5) is 30.4. The smallest absolute Gasteiger partial charge is 0.272 e. The van der Waals surface area contributed by atoms with Crippen LogP contribution in [-0.2, 0) is 19.3 Å². The van der Waals surface area contributed by atoms with E-state index in [2.05, 4.69) is 20.4 Å². The van der Waals surface area contributed by atoms with Crippen molar-refractivity contribution >= 4 is 5.91 Å². The number of hydrogen-bond acceptors (Lipinski definition) is 4. The second kappa shape index (κ2) is 7.34. The fourth-order valence-corrected chi connectivity index (χ4v) is 3.38. The van der Waals surface area contributed by atoms with Crippen LogP contribution in [0.4, 0.5) is 8.78 Å². The zero-order valence-corrected chi connectivity index (χ0v) is 14.8. The van der Waals surface area contributed by atoms with Crippen LogP contribution >= 0.6 is 0 Å². The Balaban J connectivity index is 1.54. The summed E-state index contributed by atoms with van der Waals surface area (Å²) in [6.45, 7) is 0.294. The number of nitrogens with zero attached hydrogens (tertiary/aromatic N) is 3. The monoisotopic (exact) mass is 385 g/mol. The van der Waals surface area contributed by atoms with Crippen molar-refractivity contribution in [3.05, 3.63) is 75.2 Å². The number of fused-ring (bicyclic) bond motifs is 1. The van der Waals surface area contributed by atoms with Crippen LogP contribution in [0.15, 0.2) is 35.4 Å². The zero-order chi connectivity index (χ0) is 19.7. The SMILES string of the molecule is O=C(NCCc1cc(=O)[nH]cn1)c1nn(-c2ccc(F)c(F)c2)c2c1CCC2. The second-order valence-electron chi connectivity index (χ2n) is 6.55. The molecule has 1 amide bonds. The van der Waals surface area contributed by atoms with Gasteiger partial charge in [0.1, 0.15) is 0 Å². The Morgan fingerprint density at radius 2 is 2.07 bits per heavy atom. The van der Waals surface area contributed by atoms with Gasteiger partial charge in [0.25, 0.3) is 11.5 Å². The Labute approximate surface area is 158 Å². The first-order valence-electron chi connectivity index (χ1n) is 8.91. The van der Waals surface area contributed by atoms with Crippen LogP contribution in [-0.4, -0.2) is 32.2 Å². The van der Waals surface area contributed by atoms with Gasteiger partial charge in [-0.1, -0.05) is 0 Å². The van der Waals surface area contributed by atoms with Gasteiger partial charge in [0.2, 0.25) is 0 Å². The van der Waals surface area contributed by atoms with Gasteiger partial charge in [-0.3, -0.25) is 9.59 Å². The summed E-state index contributed by atoms with van der Waals surface area (Å²) >= 11 is 0. The van der Waals surface area contributed by atoms with Gasteiger partial charge in [-0.25, -0.2) is 18.4 Å². The van der Waals surface area contributed by atoms with Gasteiger partial charge >= 0.3 is 0 Å². The lowest BCUT2D eigenvalue weighted by Gasteiger charge is -2.06. The molecule has 144 valence electrons. The molecule has 0 unspecified atom stereocenters. The summed E-state index contributed by atoms with van der Waals surface area (Å²) in [7, 11) is 0. The van der Waals surface area contributed by atoms with E-state index < -0.39 is 11.6 Å². The zero-order valence-electron chi connectivity index (χ0n) is 14.8. The van der Waals surface area contributed by atoms with E-state index in [0.29, 0.717) is 37.2 Å². The summed E-state index contributed by atoms with van der Waals surface area (Å²) in [6, 6.07) is 4.93. The van der Waals surface area contributed by atoms with Crippen LogP contribution < -0.4 is 10.9 Å². The largest absolute Gasteiger partial charge is 0.350 e. The van der Waals surface area contributed by atoms with Gasteiger partial charge < -0.3 is 10.3 Å². The molecule has 1 aliphatic rings. The molecule has 1 aromatic carbocycles. The quantitative estimate of drug-likeness (QED) is 0.699. The number of H-pyrrole nitrogens is 1. The molecule has 0 radical (unpaired) electrons. The van der Waals surface area contributed by atoms with Crippen molar-refractivity contribution in [1.29, 1.82) is 0 Å². The minimum Gasteiger partial charge on any atom is -0.350 e. The Hall–Kier alpha value is -3.36. The number of benzene rings is 1. The molecule has 0 fully saturated rings. The molecule has 0 saturated heterocycles. The Morgan fingerprint density at radius 1 is 1.21 bits per heavy atom. The predicted molar refractivity (Wildman–Crippen MR) is 96.4 cm³/mol. The molecule has 2 heterocycles. The van der Waals surface area contributed by atoms with Crippen molar-refractivity contribution in [3.8, 4) is 5.69 Å². The highest BCUT2D eigenvalue weighted by atomic mass is 19.2. The highest BCUT2D eigenvalue weighted by Crippen LogP contribution is 2.28. The number of rotatable bonds is 5. The van der Waals surface area contributed by atoms with Gasteiger partial charge in [0, 0.05) is 42.0 Å². The maximum Gasteiger partial charge on any atom is 0.272 e. The number of aromatic amines is 1. The standard InChI is InChI=1S/C19H17F2N5O2/c20-14-5-4-12(9-15(14)21)26-16-3-1-2-13(16)18(25-26)19(28)22-7-6-11-8-17(27)24-10-23-11/h4-5,8-10H,1-3,6-7H2,(H,22,28)(H,23,24,27). The van der Waals surface area contributed by atoms with Crippen LogP contribution in [0.5, 0.6) is 0 Å². The molecule has 1 aliphatic carbocycles. The summed E-state index contributed by atoms with van der Waals surface area (Å²) < 4.78 is 28.4. The summed E-state index contributed by atoms with van der Waals surface area (Å²) in [5, 5.41) is 7.14. The normalized spacial score (nSPS) is 12.8. The minimum atomic E-state index is -0.962. The molecule has 28 heavy (non-hydrogen) atoms. The summed E-state index contributed by atoms with van der Waals surface area (Å²) in [5.41, 5.74) is 2.66. The molecule has 0 atom stereocenters. The van der Waals surface area contributed by atoms with E-state index in [1.54, 1.807) is 0 Å². The van der Waals surface area contributed by atoms with E-state index >= 15 is 0 Å². The number of carbonyl (C=O) groups is 1. The van der Waals surface area contributed by atoms with Crippen LogP contribution in [0.25, 0.3) is 5.69 Å². The van der Waals surface area contributed by atoms with Crippen molar-refractivity contribution in [2.24, 2.45) is 0 Å². The summed E-state index contributed by atoms with van der Waals surface area (Å²) in [5.74, 6) is -2.24. The van der Waals surface area contributed by atoms with Gasteiger partial charge in [0.05, 0.1) is 12.0 Å². The molecule has 9 heteroatoms. The maximum absolute atomic E-state index is 13.6. The van der Waals surface area contributed by atoms with Crippen molar-refractivity contribution in [2.75, 3.05) is 6.54 Å². The molecule has 2 N–H and O–H groups in total. The van der Waals surface area contributed by atoms with E-state index in [-0.39, 0.29) is 17.2 Å². The summed E-state index contributed by atoms with van der Waals surface area (Å²) in [6.07, 6.45) is 4.01. The Kier molecular flexibility index (Phi) is 4.72. The van der Waals surface area contributed by atoms with Gasteiger partial charge in [0.15, 0.2) is 17.3 Å². The number of nitrogens with one attached hydrogen (secondary N) is 2. The first kappa shape index (κ1) is 18.0. The molecule has 3 aromatic rings. The third-order valence-electron chi connectivity index (χ3n) is 4.69. The molecule has 0 aliphatic heterocycles. The molecule has 0 spiro atoms. The maximum atomic E-state index is 13.6. The third kappa shape index (κ3) is 3.42. The first-order valence-corrected chi connectivity index (χ1v) is 8.91. The molecule has 2 aromatic heterocycles. The predicted octanol–water partition coefficient (Wildman–Crippen LogP) is 1.69. The highest BCUT2D eigenvalue weighted by molar-refractivity contribution is 5.94. The number of carbonyl (C=O) groups excluding carboxylic acids is 1. The molecule has 0 bridgehead atoms. The third-order valence-corrected chi connectivity index (χ3v) is 4.69. The van der Waals surface area contributed by atoms with Gasteiger partial charge in [-0.15, -0.1) is 0 Å². The van der Waals surface area contributed by atoms with E-state index in [4.69, 9.17) is 0 Å². The number of amides is 1. The lowest BCUT2D eigenvalue weighted by Crippen LogP contribution is -2.27. The van der Waals surface area contributed by atoms with E-state index in [1.807, 2.05) is 0 Å². The first-order chi connectivity index (χ1) is 13.5.